The summed E-state index contributed by atoms with van der Waals surface area (Å²) in [6, 6.07) is 44.2. The maximum atomic E-state index is 5.12. The Morgan fingerprint density at radius 3 is 1.69 bits per heavy atom. The molecule has 1 heterocycles. The van der Waals surface area contributed by atoms with Crippen LogP contribution in [0.25, 0.3) is 56.4 Å². The second kappa shape index (κ2) is 9.14. The Bertz CT molecular complexity index is 1820. The van der Waals surface area contributed by atoms with Crippen LogP contribution in [-0.2, 0) is 5.41 Å². The van der Waals surface area contributed by atoms with Crippen LogP contribution in [0, 0.1) is 0 Å². The average molecular weight is 502 g/mol. The molecular formula is C36H27N3. The van der Waals surface area contributed by atoms with Crippen LogP contribution in [0.4, 0.5) is 0 Å². The highest BCUT2D eigenvalue weighted by Gasteiger charge is 2.37. The minimum atomic E-state index is -0.171. The van der Waals surface area contributed by atoms with Crippen molar-refractivity contribution in [3.63, 3.8) is 0 Å². The molecule has 5 aromatic carbocycles. The molecule has 0 aliphatic heterocycles. The number of nitrogens with zero attached hydrogens (tertiary/aromatic N) is 3. The van der Waals surface area contributed by atoms with Crippen molar-refractivity contribution in [1.29, 1.82) is 0 Å². The van der Waals surface area contributed by atoms with Gasteiger partial charge in [0.25, 0.3) is 0 Å². The van der Waals surface area contributed by atoms with E-state index in [-0.39, 0.29) is 5.41 Å². The predicted octanol–water partition coefficient (Wildman–Crippen LogP) is 8.85. The lowest BCUT2D eigenvalue weighted by atomic mass is 9.80. The fraction of sp³-hybridized carbons (Fsp3) is 0.0833. The summed E-state index contributed by atoms with van der Waals surface area (Å²) in [6.45, 7) is 4.59. The number of hydrogen-bond donors (Lipinski definition) is 0. The quantitative estimate of drug-likeness (QED) is 0.242. The van der Waals surface area contributed by atoms with Crippen LogP contribution in [0.3, 0.4) is 0 Å². The zero-order chi connectivity index (χ0) is 26.4. The number of rotatable bonds is 4. The third-order valence-electron chi connectivity index (χ3n) is 7.72. The van der Waals surface area contributed by atoms with Gasteiger partial charge < -0.3 is 0 Å². The lowest BCUT2D eigenvalue weighted by molar-refractivity contribution is 0.661. The molecule has 0 atom stereocenters. The van der Waals surface area contributed by atoms with Crippen molar-refractivity contribution in [3.8, 4) is 56.4 Å². The van der Waals surface area contributed by atoms with Gasteiger partial charge in [-0.25, -0.2) is 15.0 Å². The minimum absolute atomic E-state index is 0.171. The van der Waals surface area contributed by atoms with Gasteiger partial charge in [-0.3, -0.25) is 0 Å². The summed E-state index contributed by atoms with van der Waals surface area (Å²) in [7, 11) is 0. The van der Waals surface area contributed by atoms with E-state index < -0.39 is 0 Å². The molecule has 0 radical (unpaired) electrons. The monoisotopic (exact) mass is 501 g/mol. The molecule has 1 aromatic heterocycles. The molecule has 1 aliphatic rings. The molecule has 0 bridgehead atoms. The van der Waals surface area contributed by atoms with Crippen molar-refractivity contribution in [2.24, 2.45) is 0 Å². The van der Waals surface area contributed by atoms with Crippen molar-refractivity contribution in [2.75, 3.05) is 0 Å². The Kier molecular flexibility index (Phi) is 5.45. The lowest BCUT2D eigenvalue weighted by Gasteiger charge is -2.24. The van der Waals surface area contributed by atoms with E-state index in [4.69, 9.17) is 15.0 Å². The summed E-state index contributed by atoms with van der Waals surface area (Å²) in [5.41, 5.74) is 10.2. The SMILES string of the molecule is CC1(C)c2ccccc2-c2cccc(-c3nc(-c4ccccc4)nc(-c4cccc(-c5ccccc5)c4)n3)c21. The van der Waals surface area contributed by atoms with Crippen molar-refractivity contribution < 1.29 is 0 Å². The first kappa shape index (κ1) is 23.2. The van der Waals surface area contributed by atoms with Gasteiger partial charge in [-0.2, -0.15) is 0 Å². The van der Waals surface area contributed by atoms with Gasteiger partial charge in [0, 0.05) is 22.1 Å². The van der Waals surface area contributed by atoms with Crippen LogP contribution < -0.4 is 0 Å². The maximum Gasteiger partial charge on any atom is 0.164 e. The Labute approximate surface area is 228 Å². The van der Waals surface area contributed by atoms with Crippen LogP contribution in [0.15, 0.2) is 127 Å². The van der Waals surface area contributed by atoms with E-state index in [9.17, 15) is 0 Å². The van der Waals surface area contributed by atoms with E-state index in [0.29, 0.717) is 17.5 Å². The van der Waals surface area contributed by atoms with Crippen LogP contribution in [0.1, 0.15) is 25.0 Å². The van der Waals surface area contributed by atoms with Crippen LogP contribution in [0.5, 0.6) is 0 Å². The third-order valence-corrected chi connectivity index (χ3v) is 7.72. The Balaban J connectivity index is 1.45. The molecule has 0 spiro atoms. The second-order valence-corrected chi connectivity index (χ2v) is 10.5. The van der Waals surface area contributed by atoms with Gasteiger partial charge in [0.15, 0.2) is 17.5 Å². The Morgan fingerprint density at radius 1 is 0.410 bits per heavy atom. The fourth-order valence-electron chi connectivity index (χ4n) is 5.84. The van der Waals surface area contributed by atoms with Crippen LogP contribution in [0.2, 0.25) is 0 Å². The predicted molar refractivity (Wildman–Crippen MR) is 159 cm³/mol. The van der Waals surface area contributed by atoms with Gasteiger partial charge in [0.05, 0.1) is 0 Å². The van der Waals surface area contributed by atoms with Crippen LogP contribution in [-0.4, -0.2) is 15.0 Å². The topological polar surface area (TPSA) is 38.7 Å². The molecule has 0 amide bonds. The highest BCUT2D eigenvalue weighted by molar-refractivity contribution is 5.87. The Hall–Kier alpha value is -4.89. The van der Waals surface area contributed by atoms with Gasteiger partial charge in [-0.05, 0) is 39.4 Å². The summed E-state index contributed by atoms with van der Waals surface area (Å²) in [6.07, 6.45) is 0. The molecule has 1 aliphatic carbocycles. The second-order valence-electron chi connectivity index (χ2n) is 10.5. The van der Waals surface area contributed by atoms with Gasteiger partial charge in [-0.1, -0.05) is 135 Å². The molecule has 7 rings (SSSR count). The number of hydrogen-bond acceptors (Lipinski definition) is 3. The van der Waals surface area contributed by atoms with Crippen molar-refractivity contribution in [3.05, 3.63) is 139 Å². The van der Waals surface area contributed by atoms with Crippen molar-refractivity contribution in [1.82, 2.24) is 15.0 Å². The van der Waals surface area contributed by atoms with Crippen molar-refractivity contribution >= 4 is 0 Å². The minimum Gasteiger partial charge on any atom is -0.208 e. The molecule has 0 fully saturated rings. The van der Waals surface area contributed by atoms with Gasteiger partial charge in [-0.15, -0.1) is 0 Å². The molecule has 3 nitrogen and oxygen atoms in total. The zero-order valence-corrected chi connectivity index (χ0v) is 22.0. The van der Waals surface area contributed by atoms with E-state index >= 15 is 0 Å². The van der Waals surface area contributed by atoms with Gasteiger partial charge in [0.1, 0.15) is 0 Å². The Morgan fingerprint density at radius 2 is 0.923 bits per heavy atom. The molecule has 39 heavy (non-hydrogen) atoms. The lowest BCUT2D eigenvalue weighted by Crippen LogP contribution is -2.17. The normalized spacial score (nSPS) is 13.1. The molecule has 0 saturated heterocycles. The maximum absolute atomic E-state index is 5.12. The summed E-state index contributed by atoms with van der Waals surface area (Å²) >= 11 is 0. The van der Waals surface area contributed by atoms with E-state index in [1.54, 1.807) is 0 Å². The number of benzene rings is 5. The highest BCUT2D eigenvalue weighted by atomic mass is 15.0. The zero-order valence-electron chi connectivity index (χ0n) is 22.0. The van der Waals surface area contributed by atoms with E-state index in [1.165, 1.54) is 22.3 Å². The molecule has 186 valence electrons. The third kappa shape index (κ3) is 3.95. The molecule has 6 aromatic rings. The smallest absolute Gasteiger partial charge is 0.164 e. The summed E-state index contributed by atoms with van der Waals surface area (Å²) in [5, 5.41) is 0. The molecular weight excluding hydrogens is 474 g/mol. The summed E-state index contributed by atoms with van der Waals surface area (Å²) in [5.74, 6) is 2.04. The van der Waals surface area contributed by atoms with Crippen LogP contribution >= 0.6 is 0 Å². The first-order chi connectivity index (χ1) is 19.1. The average Bonchev–Trinajstić information content (AvgIpc) is 3.24. The molecule has 0 N–H and O–H groups in total. The van der Waals surface area contributed by atoms with Gasteiger partial charge >= 0.3 is 0 Å². The summed E-state index contributed by atoms with van der Waals surface area (Å²) < 4.78 is 0. The summed E-state index contributed by atoms with van der Waals surface area (Å²) in [4.78, 5) is 15.2. The number of fused-ring (bicyclic) bond motifs is 3. The van der Waals surface area contributed by atoms with E-state index in [0.717, 1.165) is 27.8 Å². The van der Waals surface area contributed by atoms with E-state index in [1.807, 2.05) is 24.3 Å². The van der Waals surface area contributed by atoms with E-state index in [2.05, 4.69) is 117 Å². The fourth-order valence-corrected chi connectivity index (χ4v) is 5.84. The highest BCUT2D eigenvalue weighted by Crippen LogP contribution is 2.51. The molecule has 3 heteroatoms. The molecule has 0 unspecified atom stereocenters. The first-order valence-corrected chi connectivity index (χ1v) is 13.3. The number of aromatic nitrogens is 3. The first-order valence-electron chi connectivity index (χ1n) is 13.3. The van der Waals surface area contributed by atoms with Gasteiger partial charge in [0.2, 0.25) is 0 Å². The standard InChI is InChI=1S/C36H27N3/c1-36(2)31-22-10-9-19-28(31)29-20-12-21-30(32(29)36)35-38-33(25-15-7-4-8-16-25)37-34(39-35)27-18-11-17-26(23-27)24-13-5-3-6-14-24/h3-23H,1-2H3. The van der Waals surface area contributed by atoms with Crippen molar-refractivity contribution in [2.45, 2.75) is 19.3 Å². The largest absolute Gasteiger partial charge is 0.208 e. The molecule has 0 saturated carbocycles.